The number of benzene rings is 10. The summed E-state index contributed by atoms with van der Waals surface area (Å²) in [5.41, 5.74) is 9.48. The van der Waals surface area contributed by atoms with Gasteiger partial charge in [-0.15, -0.1) is 0 Å². The molecule has 0 bridgehead atoms. The summed E-state index contributed by atoms with van der Waals surface area (Å²) in [5.74, 6) is -10.2. The van der Waals surface area contributed by atoms with Crippen molar-refractivity contribution in [2.75, 3.05) is 0 Å². The highest BCUT2D eigenvalue weighted by Crippen LogP contribution is 2.45. The van der Waals surface area contributed by atoms with E-state index in [0.717, 1.165) is 82.7 Å². The van der Waals surface area contributed by atoms with E-state index in [9.17, 15) is 4.39 Å². The quantitative estimate of drug-likeness (QED) is 0.0980. The fourth-order valence-electron chi connectivity index (χ4n) is 10.6. The molecular weight excluding hydrogens is 876 g/mol. The molecule has 0 saturated heterocycles. The molecule has 4 aromatic heterocycles. The van der Waals surface area contributed by atoms with Crippen LogP contribution < -0.4 is 0 Å². The van der Waals surface area contributed by atoms with Gasteiger partial charge < -0.3 is 18.0 Å². The molecule has 0 aliphatic heterocycles. The second-order valence-electron chi connectivity index (χ2n) is 17.4. The van der Waals surface area contributed by atoms with Gasteiger partial charge in [0.05, 0.1) is 27.6 Å². The summed E-state index contributed by atoms with van der Waals surface area (Å²) in [6, 6.07) is 61.8. The number of aromatic nitrogens is 2. The first-order chi connectivity index (χ1) is 33.8. The molecule has 0 fully saturated rings. The summed E-state index contributed by atoms with van der Waals surface area (Å²) in [6.07, 6.45) is 0. The number of halogens is 5. The summed E-state index contributed by atoms with van der Waals surface area (Å²) in [7, 11) is 0. The number of fused-ring (bicyclic) bond motifs is 12. The van der Waals surface area contributed by atoms with Gasteiger partial charge in [-0.05, 0) is 107 Å². The smallest absolute Gasteiger partial charge is 0.200 e. The van der Waals surface area contributed by atoms with Crippen molar-refractivity contribution in [3.8, 4) is 44.8 Å². The first kappa shape index (κ1) is 39.2. The summed E-state index contributed by atoms with van der Waals surface area (Å²) in [6.45, 7) is 0. The van der Waals surface area contributed by atoms with E-state index >= 15 is 17.6 Å². The molecule has 69 heavy (non-hydrogen) atoms. The number of furan rings is 2. The highest BCUT2D eigenvalue weighted by Gasteiger charge is 2.30. The molecule has 0 atom stereocenters. The minimum absolute atomic E-state index is 0.0226. The van der Waals surface area contributed by atoms with Crippen LogP contribution >= 0.6 is 0 Å². The maximum Gasteiger partial charge on any atom is 0.200 e. The fourth-order valence-corrected chi connectivity index (χ4v) is 10.6. The van der Waals surface area contributed by atoms with Gasteiger partial charge in [-0.3, -0.25) is 0 Å². The number of hydrogen-bond acceptors (Lipinski definition) is 2. The molecule has 14 aromatic rings. The number of hydrogen-bond donors (Lipinski definition) is 0. The van der Waals surface area contributed by atoms with Crippen LogP contribution in [0.3, 0.4) is 0 Å². The SMILES string of the molecule is Fc1c(F)c(F)c(-c2cc(-n3c4ccccc4c4ccccc43)cc3c2oc2ccc(-c4cccc(-c5ccc6oc7ccc(-n8c9ccccc9c9ccccc98)cc7c6c5)c4)cc23)c(F)c1F. The Bertz CT molecular complexity index is 4380. The van der Waals surface area contributed by atoms with Crippen LogP contribution in [0.15, 0.2) is 197 Å². The molecule has 4 nitrogen and oxygen atoms in total. The zero-order valence-electron chi connectivity index (χ0n) is 36.0. The van der Waals surface area contributed by atoms with Gasteiger partial charge in [0.15, 0.2) is 23.3 Å². The highest BCUT2D eigenvalue weighted by molar-refractivity contribution is 6.14. The third kappa shape index (κ3) is 5.67. The van der Waals surface area contributed by atoms with E-state index in [1.54, 1.807) is 6.07 Å². The second-order valence-corrected chi connectivity index (χ2v) is 17.4. The Morgan fingerprint density at radius 2 is 0.696 bits per heavy atom. The Morgan fingerprint density at radius 1 is 0.290 bits per heavy atom. The van der Waals surface area contributed by atoms with Crippen LogP contribution in [0.25, 0.3) is 132 Å². The fraction of sp³-hybridized carbons (Fsp3) is 0. The molecule has 10 aromatic carbocycles. The lowest BCUT2D eigenvalue weighted by Crippen LogP contribution is -2.05. The van der Waals surface area contributed by atoms with E-state index in [-0.39, 0.29) is 11.1 Å². The van der Waals surface area contributed by atoms with Crippen LogP contribution in [0.2, 0.25) is 0 Å². The van der Waals surface area contributed by atoms with E-state index < -0.39 is 34.6 Å². The molecule has 0 aliphatic carbocycles. The molecule has 0 aliphatic rings. The Hall–Kier alpha value is -8.95. The zero-order valence-corrected chi connectivity index (χ0v) is 36.0. The van der Waals surface area contributed by atoms with E-state index in [2.05, 4.69) is 83.4 Å². The number of nitrogens with zero attached hydrogens (tertiary/aromatic N) is 2. The minimum atomic E-state index is -2.23. The Morgan fingerprint density at radius 3 is 1.23 bits per heavy atom. The Labute approximate surface area is 387 Å². The lowest BCUT2D eigenvalue weighted by atomic mass is 9.96. The minimum Gasteiger partial charge on any atom is -0.456 e. The van der Waals surface area contributed by atoms with Crippen molar-refractivity contribution in [2.24, 2.45) is 0 Å². The van der Waals surface area contributed by atoms with E-state index in [0.29, 0.717) is 22.0 Å². The first-order valence-electron chi connectivity index (χ1n) is 22.4. The number of para-hydroxylation sites is 4. The van der Waals surface area contributed by atoms with E-state index in [1.165, 1.54) is 16.8 Å². The predicted molar refractivity (Wildman–Crippen MR) is 266 cm³/mol. The van der Waals surface area contributed by atoms with Crippen LogP contribution in [0.1, 0.15) is 0 Å². The molecule has 0 radical (unpaired) electrons. The van der Waals surface area contributed by atoms with Crippen molar-refractivity contribution in [1.82, 2.24) is 9.13 Å². The molecule has 0 amide bonds. The Kier molecular flexibility index (Phi) is 8.26. The van der Waals surface area contributed by atoms with Gasteiger partial charge in [0.1, 0.15) is 22.3 Å². The topological polar surface area (TPSA) is 36.1 Å². The van der Waals surface area contributed by atoms with E-state index in [1.807, 2.05) is 102 Å². The maximum absolute atomic E-state index is 15.9. The summed E-state index contributed by atoms with van der Waals surface area (Å²) in [5, 5.41) is 7.21. The van der Waals surface area contributed by atoms with Gasteiger partial charge in [-0.25, -0.2) is 22.0 Å². The van der Waals surface area contributed by atoms with Crippen molar-refractivity contribution in [3.63, 3.8) is 0 Å². The normalized spacial score (nSPS) is 12.1. The lowest BCUT2D eigenvalue weighted by molar-refractivity contribution is 0.381. The number of rotatable bonds is 5. The summed E-state index contributed by atoms with van der Waals surface area (Å²) >= 11 is 0. The van der Waals surface area contributed by atoms with Crippen LogP contribution in [0.4, 0.5) is 22.0 Å². The van der Waals surface area contributed by atoms with Crippen molar-refractivity contribution in [1.29, 1.82) is 0 Å². The molecule has 4 heterocycles. The zero-order chi connectivity index (χ0) is 46.2. The monoisotopic (exact) mass is 906 g/mol. The predicted octanol–water partition coefficient (Wildman–Crippen LogP) is 17.4. The second kappa shape index (κ2) is 14.5. The third-order valence-electron chi connectivity index (χ3n) is 13.7. The van der Waals surface area contributed by atoms with E-state index in [4.69, 9.17) is 8.83 Å². The maximum atomic E-state index is 15.9. The van der Waals surface area contributed by atoms with Gasteiger partial charge in [0.25, 0.3) is 0 Å². The van der Waals surface area contributed by atoms with Crippen LogP contribution in [0, 0.1) is 29.1 Å². The van der Waals surface area contributed by atoms with Crippen molar-refractivity contribution >= 4 is 87.5 Å². The van der Waals surface area contributed by atoms with Crippen molar-refractivity contribution < 1.29 is 30.8 Å². The first-order valence-corrected chi connectivity index (χ1v) is 22.4. The third-order valence-corrected chi connectivity index (χ3v) is 13.7. The average molecular weight is 907 g/mol. The van der Waals surface area contributed by atoms with Gasteiger partial charge in [0.2, 0.25) is 5.82 Å². The molecular formula is C60H31F5N2O2. The average Bonchev–Trinajstić information content (AvgIpc) is 4.15. The molecule has 0 N–H and O–H groups in total. The molecule has 0 saturated carbocycles. The standard InChI is InChI=1S/C60H31F5N2O2/c61-55-54(56(62)58(64)59(65)57(55)63)46-31-37(67-49-18-7-3-14-40(49)41-15-4-8-19-50(41)67)30-45-43-28-35(21-24-53(43)69-60(45)46)33-11-9-10-32(26-33)34-20-23-51-42(27-34)44-29-36(22-25-52(44)68-51)66-47-16-5-1-12-38(47)39-13-2-6-17-48(39)66/h1-31H. The van der Waals surface area contributed by atoms with Crippen LogP contribution in [-0.2, 0) is 0 Å². The largest absolute Gasteiger partial charge is 0.456 e. The molecule has 0 spiro atoms. The van der Waals surface area contributed by atoms with Gasteiger partial charge in [0, 0.05) is 60.0 Å². The van der Waals surface area contributed by atoms with Crippen LogP contribution in [-0.4, -0.2) is 9.13 Å². The summed E-state index contributed by atoms with van der Waals surface area (Å²) < 4.78 is 93.1. The highest BCUT2D eigenvalue weighted by atomic mass is 19.2. The lowest BCUT2D eigenvalue weighted by Gasteiger charge is -2.13. The van der Waals surface area contributed by atoms with Crippen molar-refractivity contribution in [2.45, 2.75) is 0 Å². The molecule has 14 rings (SSSR count). The Balaban J connectivity index is 0.925. The molecule has 9 heteroatoms. The summed E-state index contributed by atoms with van der Waals surface area (Å²) in [4.78, 5) is 0. The van der Waals surface area contributed by atoms with Gasteiger partial charge >= 0.3 is 0 Å². The van der Waals surface area contributed by atoms with Gasteiger partial charge in [-0.2, -0.15) is 0 Å². The van der Waals surface area contributed by atoms with Crippen molar-refractivity contribution in [3.05, 3.63) is 217 Å². The molecule has 0 unspecified atom stereocenters. The molecule has 328 valence electrons. The van der Waals surface area contributed by atoms with Gasteiger partial charge in [-0.1, -0.05) is 103 Å². The van der Waals surface area contributed by atoms with Crippen LogP contribution in [0.5, 0.6) is 0 Å².